The number of nitrogens with zero attached hydrogens (tertiary/aromatic N) is 3. The lowest BCUT2D eigenvalue weighted by molar-refractivity contribution is 0.0945. The van der Waals surface area contributed by atoms with E-state index < -0.39 is 0 Å². The summed E-state index contributed by atoms with van der Waals surface area (Å²) in [7, 11) is 0. The second kappa shape index (κ2) is 7.63. The molecule has 1 amide bonds. The van der Waals surface area contributed by atoms with Crippen molar-refractivity contribution in [3.05, 3.63) is 71.7 Å². The van der Waals surface area contributed by atoms with Gasteiger partial charge in [0, 0.05) is 12.2 Å². The van der Waals surface area contributed by atoms with Gasteiger partial charge in [0.05, 0.1) is 24.0 Å². The molecule has 0 bridgehead atoms. The van der Waals surface area contributed by atoms with E-state index in [2.05, 4.69) is 26.7 Å². The van der Waals surface area contributed by atoms with Crippen LogP contribution in [0.1, 0.15) is 21.6 Å². The van der Waals surface area contributed by atoms with Crippen molar-refractivity contribution in [2.24, 2.45) is 0 Å². The second-order valence-electron chi connectivity index (χ2n) is 5.97. The van der Waals surface area contributed by atoms with Crippen LogP contribution in [0.2, 0.25) is 0 Å². The highest BCUT2D eigenvalue weighted by atomic mass is 16.7. The first-order valence-corrected chi connectivity index (χ1v) is 8.47. The third-order valence-electron chi connectivity index (χ3n) is 4.04. The van der Waals surface area contributed by atoms with Crippen molar-refractivity contribution in [3.63, 3.8) is 0 Å². The zero-order valence-electron chi connectivity index (χ0n) is 14.7. The average molecular weight is 373 g/mol. The Morgan fingerprint density at radius 3 is 2.82 bits per heavy atom. The largest absolute Gasteiger partial charge is 0.454 e. The number of aromatic nitrogens is 2. The molecular weight excluding hydrogens is 358 g/mol. The Hall–Kier alpha value is -4.12. The fourth-order valence-electron chi connectivity index (χ4n) is 2.65. The predicted molar refractivity (Wildman–Crippen MR) is 100 cm³/mol. The minimum atomic E-state index is -0.330. The number of rotatable bonds is 5. The lowest BCUT2D eigenvalue weighted by atomic mass is 10.2. The number of nitrogens with one attached hydrogen (secondary N) is 2. The van der Waals surface area contributed by atoms with Gasteiger partial charge in [-0.15, -0.1) is 0 Å². The lowest BCUT2D eigenvalue weighted by Gasteiger charge is -2.07. The molecule has 28 heavy (non-hydrogen) atoms. The summed E-state index contributed by atoms with van der Waals surface area (Å²) in [5.41, 5.74) is 2.35. The zero-order chi connectivity index (χ0) is 19.3. The summed E-state index contributed by atoms with van der Waals surface area (Å²) in [5.74, 6) is 1.51. The van der Waals surface area contributed by atoms with E-state index in [1.165, 1.54) is 12.4 Å². The van der Waals surface area contributed by atoms with Crippen molar-refractivity contribution in [2.45, 2.75) is 6.54 Å². The van der Waals surface area contributed by atoms with Crippen molar-refractivity contribution < 1.29 is 14.3 Å². The summed E-state index contributed by atoms with van der Waals surface area (Å²) in [4.78, 5) is 20.6. The highest BCUT2D eigenvalue weighted by molar-refractivity contribution is 5.92. The van der Waals surface area contributed by atoms with E-state index >= 15 is 0 Å². The molecule has 0 atom stereocenters. The third kappa shape index (κ3) is 3.83. The topological polar surface area (TPSA) is 109 Å². The highest BCUT2D eigenvalue weighted by Gasteiger charge is 2.14. The third-order valence-corrected chi connectivity index (χ3v) is 4.04. The maximum Gasteiger partial charge on any atom is 0.271 e. The van der Waals surface area contributed by atoms with Crippen molar-refractivity contribution >= 4 is 17.4 Å². The molecule has 2 aromatic carbocycles. The molecule has 0 spiro atoms. The van der Waals surface area contributed by atoms with E-state index in [0.29, 0.717) is 35.1 Å². The van der Waals surface area contributed by atoms with Gasteiger partial charge < -0.3 is 20.1 Å². The Morgan fingerprint density at radius 2 is 2.00 bits per heavy atom. The molecule has 0 radical (unpaired) electrons. The number of benzene rings is 2. The molecule has 2 heterocycles. The average Bonchev–Trinajstić information content (AvgIpc) is 3.20. The van der Waals surface area contributed by atoms with Gasteiger partial charge in [0.2, 0.25) is 6.79 Å². The van der Waals surface area contributed by atoms with Crippen molar-refractivity contribution in [2.75, 3.05) is 12.1 Å². The number of ether oxygens (including phenoxy) is 2. The molecule has 0 saturated heterocycles. The molecule has 0 fully saturated rings. The fraction of sp³-hybridized carbons (Fsp3) is 0.100. The number of amides is 1. The van der Waals surface area contributed by atoms with Crippen LogP contribution in [0.3, 0.4) is 0 Å². The highest BCUT2D eigenvalue weighted by Crippen LogP contribution is 2.32. The first kappa shape index (κ1) is 17.3. The Balaban J connectivity index is 1.36. The zero-order valence-corrected chi connectivity index (χ0v) is 14.7. The van der Waals surface area contributed by atoms with Gasteiger partial charge in [-0.3, -0.25) is 4.79 Å². The molecule has 0 aliphatic carbocycles. The molecule has 1 aliphatic heterocycles. The van der Waals surface area contributed by atoms with E-state index in [-0.39, 0.29) is 18.4 Å². The Kier molecular flexibility index (Phi) is 4.72. The Labute approximate surface area is 160 Å². The number of carbonyl (C=O) groups excluding carboxylic acids is 1. The number of anilines is 2. The van der Waals surface area contributed by atoms with Crippen LogP contribution in [-0.2, 0) is 6.54 Å². The predicted octanol–water partition coefficient (Wildman–Crippen LogP) is 2.75. The first-order chi connectivity index (χ1) is 13.7. The maximum atomic E-state index is 12.3. The van der Waals surface area contributed by atoms with Crippen LogP contribution in [0.25, 0.3) is 0 Å². The summed E-state index contributed by atoms with van der Waals surface area (Å²) >= 11 is 0. The molecule has 8 heteroatoms. The molecule has 1 aliphatic rings. The van der Waals surface area contributed by atoms with Crippen LogP contribution < -0.4 is 20.1 Å². The fourth-order valence-corrected chi connectivity index (χ4v) is 2.65. The number of carbonyl (C=O) groups is 1. The minimum absolute atomic E-state index is 0.206. The normalized spacial score (nSPS) is 11.5. The lowest BCUT2D eigenvalue weighted by Crippen LogP contribution is -2.24. The number of nitriles is 1. The van der Waals surface area contributed by atoms with Crippen molar-refractivity contribution in [3.8, 4) is 17.6 Å². The van der Waals surface area contributed by atoms with Gasteiger partial charge in [-0.1, -0.05) is 12.1 Å². The second-order valence-corrected chi connectivity index (χ2v) is 5.97. The molecule has 138 valence electrons. The van der Waals surface area contributed by atoms with Gasteiger partial charge >= 0.3 is 0 Å². The SMILES string of the molecule is N#Cc1cccc(Nc2cnc(C(=O)NCc3ccc4c(c3)OCO4)cn2)c1. The minimum Gasteiger partial charge on any atom is -0.454 e. The van der Waals surface area contributed by atoms with Crippen molar-refractivity contribution in [1.29, 1.82) is 5.26 Å². The smallest absolute Gasteiger partial charge is 0.271 e. The van der Waals surface area contributed by atoms with Crippen LogP contribution in [-0.4, -0.2) is 22.7 Å². The number of fused-ring (bicyclic) bond motifs is 1. The first-order valence-electron chi connectivity index (χ1n) is 8.47. The van der Waals surface area contributed by atoms with Crippen LogP contribution in [0, 0.1) is 11.3 Å². The molecule has 2 N–H and O–H groups in total. The van der Waals surface area contributed by atoms with E-state index in [0.717, 1.165) is 5.56 Å². The molecule has 1 aromatic heterocycles. The summed E-state index contributed by atoms with van der Waals surface area (Å²) in [6, 6.07) is 14.6. The van der Waals surface area contributed by atoms with Gasteiger partial charge in [0.15, 0.2) is 11.5 Å². The monoisotopic (exact) mass is 373 g/mol. The molecular formula is C20H15N5O3. The van der Waals surface area contributed by atoms with Crippen LogP contribution in [0.15, 0.2) is 54.9 Å². The summed E-state index contributed by atoms with van der Waals surface area (Å²) < 4.78 is 10.6. The number of hydrogen-bond acceptors (Lipinski definition) is 7. The van der Waals surface area contributed by atoms with Gasteiger partial charge in [0.25, 0.3) is 5.91 Å². The maximum absolute atomic E-state index is 12.3. The number of hydrogen-bond donors (Lipinski definition) is 2. The Bertz CT molecular complexity index is 1060. The van der Waals surface area contributed by atoms with Crippen LogP contribution in [0.4, 0.5) is 11.5 Å². The van der Waals surface area contributed by atoms with Gasteiger partial charge in [-0.25, -0.2) is 9.97 Å². The van der Waals surface area contributed by atoms with E-state index in [1.54, 1.807) is 18.2 Å². The molecule has 0 unspecified atom stereocenters. The molecule has 3 aromatic rings. The van der Waals surface area contributed by atoms with E-state index in [9.17, 15) is 4.79 Å². The summed E-state index contributed by atoms with van der Waals surface area (Å²) in [6.45, 7) is 0.542. The van der Waals surface area contributed by atoms with Gasteiger partial charge in [-0.2, -0.15) is 5.26 Å². The molecule has 4 rings (SSSR count). The van der Waals surface area contributed by atoms with E-state index in [4.69, 9.17) is 14.7 Å². The van der Waals surface area contributed by atoms with Gasteiger partial charge in [0.1, 0.15) is 11.5 Å². The molecule has 0 saturated carbocycles. The quantitative estimate of drug-likeness (QED) is 0.708. The van der Waals surface area contributed by atoms with Crippen molar-refractivity contribution in [1.82, 2.24) is 15.3 Å². The molecule has 8 nitrogen and oxygen atoms in total. The van der Waals surface area contributed by atoms with Gasteiger partial charge in [-0.05, 0) is 35.9 Å². The summed E-state index contributed by atoms with van der Waals surface area (Å²) in [6.07, 6.45) is 2.86. The Morgan fingerprint density at radius 1 is 1.11 bits per heavy atom. The summed E-state index contributed by atoms with van der Waals surface area (Å²) in [5, 5.41) is 14.8. The van der Waals surface area contributed by atoms with Crippen LogP contribution in [0.5, 0.6) is 11.5 Å². The standard InChI is InChI=1S/C20H15N5O3/c21-8-13-2-1-3-15(6-13)25-19-11-22-16(10-23-19)20(26)24-9-14-4-5-17-18(7-14)28-12-27-17/h1-7,10-11H,9,12H2,(H,23,25)(H,24,26). The van der Waals surface area contributed by atoms with E-state index in [1.807, 2.05) is 24.3 Å². The van der Waals surface area contributed by atoms with Crippen LogP contribution >= 0.6 is 0 Å².